The second-order valence-electron chi connectivity index (χ2n) is 6.62. The van der Waals surface area contributed by atoms with E-state index in [4.69, 9.17) is 16.6 Å². The minimum absolute atomic E-state index is 0.175. The molecule has 0 aromatic carbocycles. The van der Waals surface area contributed by atoms with E-state index < -0.39 is 0 Å². The summed E-state index contributed by atoms with van der Waals surface area (Å²) < 4.78 is 0. The molecule has 0 N–H and O–H groups in total. The monoisotopic (exact) mass is 374 g/mol. The van der Waals surface area contributed by atoms with Crippen LogP contribution in [0.1, 0.15) is 16.8 Å². The van der Waals surface area contributed by atoms with Gasteiger partial charge in [-0.15, -0.1) is 0 Å². The van der Waals surface area contributed by atoms with Gasteiger partial charge in [0.1, 0.15) is 5.15 Å². The molecule has 138 valence electrons. The van der Waals surface area contributed by atoms with Crippen molar-refractivity contribution in [3.8, 4) is 11.3 Å². The molecule has 1 aliphatic rings. The van der Waals surface area contributed by atoms with Gasteiger partial charge >= 0.3 is 0 Å². The maximum atomic E-state index is 11.5. The highest BCUT2D eigenvalue weighted by atomic mass is 35.5. The van der Waals surface area contributed by atoms with Crippen LogP contribution in [0.3, 0.4) is 0 Å². The minimum atomic E-state index is 0.175. The van der Waals surface area contributed by atoms with Crippen molar-refractivity contribution >= 4 is 29.5 Å². The van der Waals surface area contributed by atoms with Crippen LogP contribution in [-0.2, 0) is 0 Å². The summed E-state index contributed by atoms with van der Waals surface area (Å²) in [6.45, 7) is 3.84. The minimum Gasteiger partial charge on any atom is -0.360 e. The van der Waals surface area contributed by atoms with Gasteiger partial charge in [-0.25, -0.2) is 15.0 Å². The van der Waals surface area contributed by atoms with E-state index in [-0.39, 0.29) is 5.15 Å². The topological polar surface area (TPSA) is 65.5 Å². The molecular weight excluding hydrogens is 352 g/mol. The summed E-state index contributed by atoms with van der Waals surface area (Å²) in [5.41, 5.74) is 1.60. The fraction of sp³-hybridized carbons (Fsp3) is 0.444. The number of aromatic nitrogens is 3. The first kappa shape index (κ1) is 18.5. The zero-order valence-corrected chi connectivity index (χ0v) is 16.1. The summed E-state index contributed by atoms with van der Waals surface area (Å²) in [5, 5.41) is 0.175. The number of rotatable bonds is 4. The van der Waals surface area contributed by atoms with E-state index in [2.05, 4.69) is 26.8 Å². The van der Waals surface area contributed by atoms with E-state index in [1.54, 1.807) is 18.5 Å². The highest BCUT2D eigenvalue weighted by Crippen LogP contribution is 2.30. The highest BCUT2D eigenvalue weighted by molar-refractivity contribution is 6.32. The third-order valence-corrected chi connectivity index (χ3v) is 4.81. The van der Waals surface area contributed by atoms with Crippen molar-refractivity contribution < 1.29 is 4.79 Å². The Balaban J connectivity index is 2.07. The van der Waals surface area contributed by atoms with Gasteiger partial charge in [-0.1, -0.05) is 11.6 Å². The van der Waals surface area contributed by atoms with Gasteiger partial charge in [0, 0.05) is 45.5 Å². The lowest BCUT2D eigenvalue weighted by molar-refractivity contribution is 0.112. The molecule has 0 atom stereocenters. The van der Waals surface area contributed by atoms with Crippen LogP contribution in [-0.4, -0.2) is 73.5 Å². The molecule has 26 heavy (non-hydrogen) atoms. The number of carbonyl (C=O) groups is 1. The third kappa shape index (κ3) is 3.78. The molecule has 0 spiro atoms. The van der Waals surface area contributed by atoms with Crippen LogP contribution >= 0.6 is 11.6 Å². The average molecular weight is 375 g/mol. The Morgan fingerprint density at radius 3 is 2.73 bits per heavy atom. The van der Waals surface area contributed by atoms with Crippen molar-refractivity contribution in [1.29, 1.82) is 0 Å². The van der Waals surface area contributed by atoms with Crippen LogP contribution in [0.5, 0.6) is 0 Å². The van der Waals surface area contributed by atoms with Gasteiger partial charge in [0.15, 0.2) is 17.9 Å². The molecule has 8 heteroatoms. The largest absolute Gasteiger partial charge is 0.360 e. The van der Waals surface area contributed by atoms with Gasteiger partial charge in [-0.3, -0.25) is 4.79 Å². The summed E-state index contributed by atoms with van der Waals surface area (Å²) in [6, 6.07) is 1.74. The fourth-order valence-electron chi connectivity index (χ4n) is 3.07. The molecule has 0 unspecified atom stereocenters. The van der Waals surface area contributed by atoms with Crippen molar-refractivity contribution in [2.75, 3.05) is 57.1 Å². The highest BCUT2D eigenvalue weighted by Gasteiger charge is 2.21. The van der Waals surface area contributed by atoms with Gasteiger partial charge in [0.05, 0.1) is 17.5 Å². The van der Waals surface area contributed by atoms with Crippen LogP contribution in [0.4, 0.5) is 11.6 Å². The number of hydrogen-bond donors (Lipinski definition) is 0. The summed E-state index contributed by atoms with van der Waals surface area (Å²) in [5.74, 6) is 1.64. The third-order valence-electron chi connectivity index (χ3n) is 4.51. The van der Waals surface area contributed by atoms with E-state index in [0.29, 0.717) is 23.1 Å². The number of hydrogen-bond acceptors (Lipinski definition) is 7. The number of aldehydes is 1. The molecule has 1 fully saturated rings. The molecule has 0 amide bonds. The summed E-state index contributed by atoms with van der Waals surface area (Å²) in [6.07, 6.45) is 5.04. The standard InChI is InChI=1S/C18H23ClN6O/c1-23(2)17-18(25-8-4-7-24(3)9-10-25)22-15(11-21-17)13-5-6-20-16(19)14(13)12-26/h5-6,11-12H,4,7-10H2,1-3H3. The van der Waals surface area contributed by atoms with E-state index in [0.717, 1.165) is 44.2 Å². The molecule has 1 saturated heterocycles. The SMILES string of the molecule is CN1CCCN(c2nc(-c3ccnc(Cl)c3C=O)cnc2N(C)C)CC1. The molecule has 2 aromatic heterocycles. The predicted molar refractivity (Wildman–Crippen MR) is 104 cm³/mol. The van der Waals surface area contributed by atoms with Crippen molar-refractivity contribution in [2.45, 2.75) is 6.42 Å². The van der Waals surface area contributed by atoms with Gasteiger partial charge in [-0.2, -0.15) is 0 Å². The van der Waals surface area contributed by atoms with Crippen LogP contribution in [0.2, 0.25) is 5.15 Å². The molecule has 1 aliphatic heterocycles. The molecule has 0 radical (unpaired) electrons. The van der Waals surface area contributed by atoms with Crippen molar-refractivity contribution in [3.63, 3.8) is 0 Å². The smallest absolute Gasteiger partial charge is 0.172 e. The Kier molecular flexibility index (Phi) is 5.68. The van der Waals surface area contributed by atoms with E-state index >= 15 is 0 Å². The van der Waals surface area contributed by atoms with Gasteiger partial charge in [0.25, 0.3) is 0 Å². The Bertz CT molecular complexity index is 797. The van der Waals surface area contributed by atoms with Gasteiger partial charge < -0.3 is 14.7 Å². The molecular formula is C18H23ClN6O. The molecule has 0 saturated carbocycles. The fourth-order valence-corrected chi connectivity index (χ4v) is 3.27. The molecule has 0 bridgehead atoms. The number of anilines is 2. The normalized spacial score (nSPS) is 15.6. The summed E-state index contributed by atoms with van der Waals surface area (Å²) >= 11 is 6.07. The number of halogens is 1. The average Bonchev–Trinajstić information content (AvgIpc) is 2.85. The quantitative estimate of drug-likeness (QED) is 0.600. The molecule has 2 aromatic rings. The number of likely N-dealkylation sites (N-methyl/N-ethyl adjacent to an activating group) is 1. The van der Waals surface area contributed by atoms with E-state index in [9.17, 15) is 4.79 Å². The Morgan fingerprint density at radius 1 is 1.19 bits per heavy atom. The van der Waals surface area contributed by atoms with Crippen LogP contribution < -0.4 is 9.80 Å². The molecule has 0 aliphatic carbocycles. The zero-order chi connectivity index (χ0) is 18.7. The second kappa shape index (κ2) is 7.97. The summed E-state index contributed by atoms with van der Waals surface area (Å²) in [4.78, 5) is 31.5. The van der Waals surface area contributed by atoms with Crippen molar-refractivity contribution in [1.82, 2.24) is 19.9 Å². The lowest BCUT2D eigenvalue weighted by Crippen LogP contribution is -2.31. The number of carbonyl (C=O) groups excluding carboxylic acids is 1. The lowest BCUT2D eigenvalue weighted by atomic mass is 10.1. The van der Waals surface area contributed by atoms with E-state index in [1.165, 1.54) is 0 Å². The van der Waals surface area contributed by atoms with Crippen LogP contribution in [0.25, 0.3) is 11.3 Å². The predicted octanol–water partition coefficient (Wildman–Crippen LogP) is 2.21. The molecule has 7 nitrogen and oxygen atoms in total. The molecule has 3 heterocycles. The Labute approximate surface area is 158 Å². The van der Waals surface area contributed by atoms with Gasteiger partial charge in [0.2, 0.25) is 0 Å². The maximum absolute atomic E-state index is 11.5. The summed E-state index contributed by atoms with van der Waals surface area (Å²) in [7, 11) is 6.04. The van der Waals surface area contributed by atoms with Crippen LogP contribution in [0, 0.1) is 0 Å². The van der Waals surface area contributed by atoms with Crippen molar-refractivity contribution in [2.24, 2.45) is 0 Å². The van der Waals surface area contributed by atoms with Crippen LogP contribution in [0.15, 0.2) is 18.5 Å². The Hall–Kier alpha value is -2.25. The zero-order valence-electron chi connectivity index (χ0n) is 15.3. The van der Waals surface area contributed by atoms with Gasteiger partial charge in [-0.05, 0) is 26.1 Å². The lowest BCUT2D eigenvalue weighted by Gasteiger charge is -2.26. The first-order chi connectivity index (χ1) is 12.5. The first-order valence-corrected chi connectivity index (χ1v) is 8.97. The first-order valence-electron chi connectivity index (χ1n) is 8.59. The van der Waals surface area contributed by atoms with Crippen molar-refractivity contribution in [3.05, 3.63) is 29.2 Å². The Morgan fingerprint density at radius 2 is 2.00 bits per heavy atom. The molecule has 3 rings (SSSR count). The number of nitrogens with zero attached hydrogens (tertiary/aromatic N) is 6. The second-order valence-corrected chi connectivity index (χ2v) is 6.98. The number of pyridine rings is 1. The van der Waals surface area contributed by atoms with E-state index in [1.807, 2.05) is 19.0 Å². The maximum Gasteiger partial charge on any atom is 0.172 e.